The number of carbonyl (C=O) groups excluding carboxylic acids is 2. The molecule has 194 valence electrons. The summed E-state index contributed by atoms with van der Waals surface area (Å²) in [5.74, 6) is 2.14. The van der Waals surface area contributed by atoms with E-state index in [4.69, 9.17) is 15.4 Å². The van der Waals surface area contributed by atoms with Crippen molar-refractivity contribution in [3.05, 3.63) is 0 Å². The smallest absolute Gasteiger partial charge is 0.249 e. The number of amides is 2. The normalized spacial score (nSPS) is 19.5. The van der Waals surface area contributed by atoms with E-state index >= 15 is 0 Å². The Bertz CT molecular complexity index is 722. The molecule has 0 aliphatic carbocycles. The number of sulfone groups is 1. The minimum Gasteiger partial charge on any atom is -0.350 e. The van der Waals surface area contributed by atoms with Gasteiger partial charge >= 0.3 is 0 Å². The summed E-state index contributed by atoms with van der Waals surface area (Å²) in [4.78, 5) is 32.2. The first kappa shape index (κ1) is 29.8. The molecule has 10 heteroatoms. The van der Waals surface area contributed by atoms with Crippen LogP contribution in [0.3, 0.4) is 0 Å². The maximum absolute atomic E-state index is 13.7. The fourth-order valence-corrected chi connectivity index (χ4v) is 7.05. The lowest BCUT2D eigenvalue weighted by Crippen LogP contribution is -2.59. The number of hydrogen-bond donors (Lipinski definition) is 3. The molecule has 1 aliphatic heterocycles. The van der Waals surface area contributed by atoms with Gasteiger partial charge < -0.3 is 4.74 Å². The largest absolute Gasteiger partial charge is 0.350 e. The molecule has 33 heavy (non-hydrogen) atoms. The molecule has 1 fully saturated rings. The summed E-state index contributed by atoms with van der Waals surface area (Å²) < 4.78 is 31.0. The van der Waals surface area contributed by atoms with Crippen LogP contribution in [-0.2, 0) is 29.0 Å². The van der Waals surface area contributed by atoms with Crippen LogP contribution < -0.4 is 16.7 Å². The molecule has 0 aromatic heterocycles. The summed E-state index contributed by atoms with van der Waals surface area (Å²) in [7, 11) is -3.80. The van der Waals surface area contributed by atoms with E-state index in [0.717, 1.165) is 19.1 Å². The van der Waals surface area contributed by atoms with Crippen molar-refractivity contribution in [2.24, 2.45) is 35.4 Å². The molecule has 4 N–H and O–H groups in total. The van der Waals surface area contributed by atoms with Crippen molar-refractivity contribution in [1.82, 2.24) is 10.9 Å². The second kappa shape index (κ2) is 13.0. The van der Waals surface area contributed by atoms with Crippen LogP contribution in [0.25, 0.3) is 0 Å². The Morgan fingerprint density at radius 3 is 2.00 bits per heavy atom. The molecule has 1 aliphatic rings. The molecule has 1 unspecified atom stereocenters. The molecule has 1 rings (SSSR count). The fourth-order valence-electron chi connectivity index (χ4n) is 5.04. The molecule has 0 aromatic rings. The lowest BCUT2D eigenvalue weighted by Gasteiger charge is -2.44. The highest BCUT2D eigenvalue weighted by atomic mass is 32.2. The predicted octanol–water partition coefficient (Wildman–Crippen LogP) is 2.70. The monoisotopic (exact) mass is 491 g/mol. The summed E-state index contributed by atoms with van der Waals surface area (Å²) in [6, 6.07) is 0. The number of nitrogens with one attached hydrogen (secondary N) is 2. The van der Waals surface area contributed by atoms with Gasteiger partial charge in [-0.2, -0.15) is 0 Å². The van der Waals surface area contributed by atoms with Crippen LogP contribution >= 0.6 is 0 Å². The SMILES string of the molecule is CC(C)C[C@@H](C(=O)NN)[C@@H](C(=O)NOC1CCCCO1)C(CC(C)C)(CC(C)C)S(C)(=O)=O. The Balaban J connectivity index is 3.60. The van der Waals surface area contributed by atoms with Crippen LogP contribution in [0.5, 0.6) is 0 Å². The maximum atomic E-state index is 13.7. The highest BCUT2D eigenvalue weighted by molar-refractivity contribution is 7.92. The highest BCUT2D eigenvalue weighted by Crippen LogP contribution is 2.44. The molecule has 3 atom stereocenters. The molecular formula is C23H45N3O6S. The van der Waals surface area contributed by atoms with Crippen molar-refractivity contribution >= 4 is 21.7 Å². The van der Waals surface area contributed by atoms with Gasteiger partial charge in [0.1, 0.15) is 0 Å². The molecular weight excluding hydrogens is 446 g/mol. The Morgan fingerprint density at radius 2 is 1.61 bits per heavy atom. The number of hydroxylamine groups is 1. The Labute approximate surface area is 199 Å². The maximum Gasteiger partial charge on any atom is 0.249 e. The standard InChI is InChI=1S/C23H45N3O6S/c1-15(2)12-18(21(27)25-24)20(22(28)26-32-19-10-8-9-11-31-19)23(13-16(3)4,14-17(5)6)33(7,29)30/h15-20H,8-14,24H2,1-7H3,(H,25,27)(H,26,28)/t18-,19?,20+/m1/s1. The second-order valence-electron chi connectivity index (χ2n) is 10.6. The molecule has 9 nitrogen and oxygen atoms in total. The lowest BCUT2D eigenvalue weighted by molar-refractivity contribution is -0.203. The van der Waals surface area contributed by atoms with E-state index < -0.39 is 44.5 Å². The van der Waals surface area contributed by atoms with E-state index in [0.29, 0.717) is 19.4 Å². The average molecular weight is 492 g/mol. The van der Waals surface area contributed by atoms with E-state index in [-0.39, 0.29) is 30.6 Å². The van der Waals surface area contributed by atoms with Gasteiger partial charge in [-0.25, -0.2) is 24.6 Å². The third-order valence-electron chi connectivity index (χ3n) is 6.13. The summed E-state index contributed by atoms with van der Waals surface area (Å²) in [6.45, 7) is 12.0. The number of hydrazine groups is 1. The van der Waals surface area contributed by atoms with Crippen molar-refractivity contribution in [1.29, 1.82) is 0 Å². The first-order valence-corrected chi connectivity index (χ1v) is 13.9. The van der Waals surface area contributed by atoms with Crippen molar-refractivity contribution in [2.75, 3.05) is 12.9 Å². The van der Waals surface area contributed by atoms with Gasteiger partial charge in [0, 0.05) is 19.3 Å². The first-order valence-electron chi connectivity index (χ1n) is 12.0. The molecule has 0 aromatic carbocycles. The zero-order chi connectivity index (χ0) is 25.4. The second-order valence-corrected chi connectivity index (χ2v) is 13.0. The van der Waals surface area contributed by atoms with Gasteiger partial charge in [-0.1, -0.05) is 41.5 Å². The number of carbonyl (C=O) groups is 2. The van der Waals surface area contributed by atoms with Gasteiger partial charge in [0.2, 0.25) is 11.8 Å². The molecule has 0 bridgehead atoms. The van der Waals surface area contributed by atoms with Crippen LogP contribution in [0, 0.1) is 29.6 Å². The third-order valence-corrected chi connectivity index (χ3v) is 8.20. The summed E-state index contributed by atoms with van der Waals surface area (Å²) in [6.07, 6.45) is 3.78. The predicted molar refractivity (Wildman–Crippen MR) is 128 cm³/mol. The first-order chi connectivity index (χ1) is 15.2. The number of nitrogens with two attached hydrogens (primary N) is 1. The van der Waals surface area contributed by atoms with Crippen molar-refractivity contribution in [3.63, 3.8) is 0 Å². The van der Waals surface area contributed by atoms with Gasteiger partial charge in [0.25, 0.3) is 0 Å². The van der Waals surface area contributed by atoms with Crippen molar-refractivity contribution in [2.45, 2.75) is 91.1 Å². The summed E-state index contributed by atoms with van der Waals surface area (Å²) in [5.41, 5.74) is 4.62. The zero-order valence-electron chi connectivity index (χ0n) is 21.3. The van der Waals surface area contributed by atoms with Gasteiger partial charge in [0.15, 0.2) is 16.1 Å². The highest BCUT2D eigenvalue weighted by Gasteiger charge is 2.56. The molecule has 1 saturated heterocycles. The molecule has 0 radical (unpaired) electrons. The van der Waals surface area contributed by atoms with Crippen molar-refractivity contribution in [3.8, 4) is 0 Å². The van der Waals surface area contributed by atoms with Crippen LogP contribution in [0.2, 0.25) is 0 Å². The summed E-state index contributed by atoms with van der Waals surface area (Å²) in [5, 5.41) is 0. The van der Waals surface area contributed by atoms with E-state index in [9.17, 15) is 18.0 Å². The zero-order valence-corrected chi connectivity index (χ0v) is 22.2. The van der Waals surface area contributed by atoms with Crippen molar-refractivity contribution < 1.29 is 27.6 Å². The van der Waals surface area contributed by atoms with E-state index in [1.165, 1.54) is 0 Å². The fraction of sp³-hybridized carbons (Fsp3) is 0.913. The van der Waals surface area contributed by atoms with Gasteiger partial charge in [-0.05, 0) is 49.9 Å². The molecule has 1 heterocycles. The van der Waals surface area contributed by atoms with Gasteiger partial charge in [-0.3, -0.25) is 15.0 Å². The van der Waals surface area contributed by atoms with E-state index in [1.807, 2.05) is 41.5 Å². The third kappa shape index (κ3) is 8.49. The van der Waals surface area contributed by atoms with Gasteiger partial charge in [-0.15, -0.1) is 0 Å². The van der Waals surface area contributed by atoms with E-state index in [1.54, 1.807) is 0 Å². The quantitative estimate of drug-likeness (QED) is 0.205. The van der Waals surface area contributed by atoms with Crippen LogP contribution in [0.1, 0.15) is 80.1 Å². The topological polar surface area (TPSA) is 137 Å². The van der Waals surface area contributed by atoms with Gasteiger partial charge in [0.05, 0.1) is 16.6 Å². The van der Waals surface area contributed by atoms with Crippen LogP contribution in [-0.4, -0.2) is 44.1 Å². The average Bonchev–Trinajstić information content (AvgIpc) is 2.69. The number of hydrogen-bond acceptors (Lipinski definition) is 7. The molecule has 2 amide bonds. The number of rotatable bonds is 13. The summed E-state index contributed by atoms with van der Waals surface area (Å²) >= 11 is 0. The minimum atomic E-state index is -3.80. The van der Waals surface area contributed by atoms with Crippen LogP contribution in [0.4, 0.5) is 0 Å². The Hall–Kier alpha value is -1.23. The Morgan fingerprint density at radius 1 is 1.03 bits per heavy atom. The number of ether oxygens (including phenoxy) is 1. The van der Waals surface area contributed by atoms with E-state index in [2.05, 4.69) is 10.9 Å². The van der Waals surface area contributed by atoms with Crippen LogP contribution in [0.15, 0.2) is 0 Å². The lowest BCUT2D eigenvalue weighted by atomic mass is 9.70. The minimum absolute atomic E-state index is 0.0283. The molecule has 0 spiro atoms. The molecule has 0 saturated carbocycles. The Kier molecular flexibility index (Phi) is 11.8.